The molecule has 3 aromatic rings. The van der Waals surface area contributed by atoms with E-state index in [0.29, 0.717) is 23.8 Å². The number of esters is 1. The Bertz CT molecular complexity index is 936. The second-order valence-corrected chi connectivity index (χ2v) is 8.51. The minimum Gasteiger partial charge on any atom is -0.423 e. The Morgan fingerprint density at radius 1 is 0.967 bits per heavy atom. The lowest BCUT2D eigenvalue weighted by Gasteiger charge is -2.17. The van der Waals surface area contributed by atoms with E-state index in [4.69, 9.17) is 9.84 Å². The average molecular weight is 407 g/mol. The second-order valence-electron chi connectivity index (χ2n) is 8.51. The first-order valence-corrected chi connectivity index (χ1v) is 10.7. The van der Waals surface area contributed by atoms with Gasteiger partial charge in [0.15, 0.2) is 0 Å². The summed E-state index contributed by atoms with van der Waals surface area (Å²) in [7, 11) is 0. The van der Waals surface area contributed by atoms with Gasteiger partial charge in [-0.3, -0.25) is 0 Å². The minimum atomic E-state index is -0.327. The van der Waals surface area contributed by atoms with Crippen molar-refractivity contribution in [2.75, 3.05) is 6.61 Å². The Morgan fingerprint density at radius 2 is 1.60 bits per heavy atom. The van der Waals surface area contributed by atoms with Crippen LogP contribution < -0.4 is 4.74 Å². The van der Waals surface area contributed by atoms with Crippen molar-refractivity contribution in [1.29, 1.82) is 0 Å². The van der Waals surface area contributed by atoms with Crippen LogP contribution in [0, 0.1) is 5.41 Å². The monoisotopic (exact) mass is 406 g/mol. The smallest absolute Gasteiger partial charge is 0.343 e. The molecule has 0 aromatic heterocycles. The third kappa shape index (κ3) is 6.70. The zero-order valence-corrected chi connectivity index (χ0v) is 18.8. The maximum Gasteiger partial charge on any atom is 0.343 e. The van der Waals surface area contributed by atoms with Gasteiger partial charge in [0.25, 0.3) is 0 Å². The quantitative estimate of drug-likeness (QED) is 0.354. The molecule has 0 spiro atoms. The average Bonchev–Trinajstić information content (AvgIpc) is 2.79. The molecule has 1 unspecified atom stereocenters. The zero-order valence-electron chi connectivity index (χ0n) is 18.8. The van der Waals surface area contributed by atoms with E-state index in [1.165, 1.54) is 5.56 Å². The van der Waals surface area contributed by atoms with Gasteiger partial charge in [0.1, 0.15) is 5.75 Å². The fourth-order valence-electron chi connectivity index (χ4n) is 2.69. The van der Waals surface area contributed by atoms with Crippen LogP contribution in [-0.2, 0) is 0 Å². The highest BCUT2D eigenvalue weighted by Gasteiger charge is 2.11. The van der Waals surface area contributed by atoms with Crippen LogP contribution in [0.2, 0.25) is 0 Å². The summed E-state index contributed by atoms with van der Waals surface area (Å²) in [6.07, 6.45) is 2.14. The second kappa shape index (κ2) is 10.9. The molecule has 0 bridgehead atoms. The number of carbonyl (C=O) groups is 1. The molecular formula is C27H34O3. The molecule has 30 heavy (non-hydrogen) atoms. The van der Waals surface area contributed by atoms with Gasteiger partial charge in [-0.15, -0.1) is 0 Å². The van der Waals surface area contributed by atoms with E-state index in [1.54, 1.807) is 6.07 Å². The van der Waals surface area contributed by atoms with Crippen LogP contribution in [0.25, 0.3) is 10.8 Å². The maximum atomic E-state index is 12.3. The lowest BCUT2D eigenvalue weighted by molar-refractivity contribution is 0.0735. The molecule has 3 heteroatoms. The summed E-state index contributed by atoms with van der Waals surface area (Å²) >= 11 is 0. The summed E-state index contributed by atoms with van der Waals surface area (Å²) in [4.78, 5) is 12.3. The summed E-state index contributed by atoms with van der Waals surface area (Å²) < 4.78 is 5.48. The van der Waals surface area contributed by atoms with Crippen LogP contribution in [0.1, 0.15) is 69.3 Å². The normalized spacial score (nSPS) is 12.1. The molecule has 0 amide bonds. The largest absolute Gasteiger partial charge is 0.423 e. The molecule has 0 heterocycles. The maximum absolute atomic E-state index is 12.3. The number of fused-ring (bicyclic) bond motifs is 1. The first-order valence-electron chi connectivity index (χ1n) is 10.7. The fraction of sp³-hybridized carbons (Fsp3) is 0.370. The van der Waals surface area contributed by atoms with Crippen molar-refractivity contribution in [1.82, 2.24) is 0 Å². The Balaban J connectivity index is 0.000000396. The van der Waals surface area contributed by atoms with E-state index in [2.05, 4.69) is 20.8 Å². The molecule has 0 radical (unpaired) electrons. The number of rotatable bonds is 6. The van der Waals surface area contributed by atoms with Gasteiger partial charge in [0.2, 0.25) is 0 Å². The van der Waals surface area contributed by atoms with Crippen molar-refractivity contribution in [2.24, 2.45) is 5.41 Å². The number of ether oxygens (including phenoxy) is 1. The van der Waals surface area contributed by atoms with Gasteiger partial charge in [-0.25, -0.2) is 4.79 Å². The summed E-state index contributed by atoms with van der Waals surface area (Å²) in [5, 5.41) is 10.7. The van der Waals surface area contributed by atoms with Crippen LogP contribution in [-0.4, -0.2) is 17.7 Å². The first kappa shape index (κ1) is 23.6. The van der Waals surface area contributed by atoms with E-state index in [0.717, 1.165) is 23.6 Å². The molecule has 3 rings (SSSR count). The third-order valence-corrected chi connectivity index (χ3v) is 5.64. The highest BCUT2D eigenvalue weighted by Crippen LogP contribution is 2.23. The molecule has 1 N–H and O–H groups in total. The van der Waals surface area contributed by atoms with Gasteiger partial charge in [-0.05, 0) is 64.8 Å². The molecule has 160 valence electrons. The number of aliphatic hydroxyl groups is 1. The Morgan fingerprint density at radius 3 is 2.13 bits per heavy atom. The topological polar surface area (TPSA) is 46.5 Å². The molecule has 0 saturated heterocycles. The molecular weight excluding hydrogens is 372 g/mol. The van der Waals surface area contributed by atoms with Crippen molar-refractivity contribution in [2.45, 2.75) is 53.4 Å². The van der Waals surface area contributed by atoms with Crippen LogP contribution in [0.5, 0.6) is 5.75 Å². The summed E-state index contributed by atoms with van der Waals surface area (Å²) in [6, 6.07) is 21.4. The predicted octanol–water partition coefficient (Wildman–Crippen LogP) is 6.99. The highest BCUT2D eigenvalue weighted by molar-refractivity contribution is 5.96. The van der Waals surface area contributed by atoms with Crippen molar-refractivity contribution in [3.8, 4) is 5.75 Å². The number of benzene rings is 3. The van der Waals surface area contributed by atoms with Crippen molar-refractivity contribution in [3.63, 3.8) is 0 Å². The number of hydrogen-bond acceptors (Lipinski definition) is 3. The van der Waals surface area contributed by atoms with Gasteiger partial charge in [-0.1, -0.05) is 77.1 Å². The molecule has 0 saturated carbocycles. The number of carbonyl (C=O) groups excluding carboxylic acids is 1. The van der Waals surface area contributed by atoms with E-state index in [1.807, 2.05) is 74.5 Å². The number of aliphatic hydroxyl groups excluding tert-OH is 1. The molecule has 0 aliphatic carbocycles. The SMILES string of the molecule is CCC(C)(C)CO.CCC(C)c1ccc(OC(=O)c2ccc3ccccc3c2)cc1. The third-order valence-electron chi connectivity index (χ3n) is 5.64. The Kier molecular flexibility index (Phi) is 8.61. The van der Waals surface area contributed by atoms with E-state index < -0.39 is 0 Å². The summed E-state index contributed by atoms with van der Waals surface area (Å²) in [6.45, 7) is 10.8. The van der Waals surface area contributed by atoms with Crippen molar-refractivity contribution >= 4 is 16.7 Å². The Labute approximate surface area is 180 Å². The molecule has 0 aliphatic rings. The lowest BCUT2D eigenvalue weighted by atomic mass is 9.92. The highest BCUT2D eigenvalue weighted by atomic mass is 16.5. The van der Waals surface area contributed by atoms with Crippen LogP contribution in [0.4, 0.5) is 0 Å². The summed E-state index contributed by atoms with van der Waals surface area (Å²) in [5.41, 5.74) is 1.97. The van der Waals surface area contributed by atoms with E-state index >= 15 is 0 Å². The van der Waals surface area contributed by atoms with Crippen LogP contribution >= 0.6 is 0 Å². The molecule has 3 aromatic carbocycles. The van der Waals surface area contributed by atoms with Gasteiger partial charge >= 0.3 is 5.97 Å². The summed E-state index contributed by atoms with van der Waals surface area (Å²) in [5.74, 6) is 0.766. The van der Waals surface area contributed by atoms with Gasteiger partial charge < -0.3 is 9.84 Å². The molecule has 0 aliphatic heterocycles. The molecule has 1 atom stereocenters. The van der Waals surface area contributed by atoms with Crippen molar-refractivity contribution < 1.29 is 14.6 Å². The van der Waals surface area contributed by atoms with Gasteiger partial charge in [0, 0.05) is 6.61 Å². The minimum absolute atomic E-state index is 0.139. The molecule has 0 fully saturated rings. The van der Waals surface area contributed by atoms with Gasteiger partial charge in [-0.2, -0.15) is 0 Å². The zero-order chi connectivity index (χ0) is 22.1. The van der Waals surface area contributed by atoms with E-state index in [9.17, 15) is 4.79 Å². The standard InChI is InChI=1S/C21H20O2.C6H14O/c1-3-15(2)16-10-12-20(13-11-16)23-21(22)19-9-8-17-6-4-5-7-18(17)14-19;1-4-6(2,3)5-7/h4-15H,3H2,1-2H3;7H,4-5H2,1-3H3. The first-order chi connectivity index (χ1) is 14.3. The van der Waals surface area contributed by atoms with Crippen LogP contribution in [0.3, 0.4) is 0 Å². The fourth-order valence-corrected chi connectivity index (χ4v) is 2.69. The van der Waals surface area contributed by atoms with Gasteiger partial charge in [0.05, 0.1) is 5.56 Å². The van der Waals surface area contributed by atoms with Crippen molar-refractivity contribution in [3.05, 3.63) is 77.9 Å². The lowest BCUT2D eigenvalue weighted by Crippen LogP contribution is -2.14. The van der Waals surface area contributed by atoms with E-state index in [-0.39, 0.29) is 11.4 Å². The Hall–Kier alpha value is -2.65. The molecule has 3 nitrogen and oxygen atoms in total. The van der Waals surface area contributed by atoms with Crippen LogP contribution in [0.15, 0.2) is 66.7 Å². The number of hydrogen-bond donors (Lipinski definition) is 1. The predicted molar refractivity (Wildman–Crippen MR) is 125 cm³/mol.